The van der Waals surface area contributed by atoms with Crippen LogP contribution in [0.5, 0.6) is 5.75 Å². The van der Waals surface area contributed by atoms with E-state index in [-0.39, 0.29) is 0 Å². The number of fused-ring (bicyclic) bond motifs is 3. The van der Waals surface area contributed by atoms with E-state index in [1.807, 2.05) is 36.4 Å². The van der Waals surface area contributed by atoms with E-state index in [2.05, 4.69) is 5.16 Å². The summed E-state index contributed by atoms with van der Waals surface area (Å²) < 4.78 is 5.52. The molecule has 0 atom stereocenters. The molecule has 1 N–H and O–H groups in total. The molecule has 2 aromatic rings. The van der Waals surface area contributed by atoms with Gasteiger partial charge in [0.2, 0.25) is 0 Å². The average Bonchev–Trinajstić information content (AvgIpc) is 2.72. The lowest BCUT2D eigenvalue weighted by molar-refractivity contribution is 0.313. The van der Waals surface area contributed by atoms with Crippen molar-refractivity contribution in [3.8, 4) is 5.75 Å². The van der Waals surface area contributed by atoms with Crippen LogP contribution >= 0.6 is 0 Å². The Morgan fingerprint density at radius 3 is 2.87 bits per heavy atom. The van der Waals surface area contributed by atoms with Crippen LogP contribution in [-0.4, -0.2) is 17.5 Å². The first-order chi connectivity index (χ1) is 7.40. The third-order valence-corrected chi connectivity index (χ3v) is 2.66. The first-order valence-corrected chi connectivity index (χ1v) is 4.76. The van der Waals surface area contributed by atoms with Crippen molar-refractivity contribution < 1.29 is 9.94 Å². The number of ether oxygens (including phenoxy) is 1. The zero-order valence-electron chi connectivity index (χ0n) is 7.97. The number of hydrogen-bond donors (Lipinski definition) is 1. The second-order valence-electron chi connectivity index (χ2n) is 3.50. The second kappa shape index (κ2) is 2.98. The number of nitrogens with zero attached hydrogens (tertiary/aromatic N) is 1. The molecular formula is C12H9NO2. The molecule has 0 aliphatic carbocycles. The molecule has 1 heterocycles. The number of hydrogen-bond acceptors (Lipinski definition) is 3. The van der Waals surface area contributed by atoms with E-state index in [0.29, 0.717) is 12.3 Å². The SMILES string of the molecule is O/N=C1/COc2c1ccc1ccccc21. The minimum Gasteiger partial charge on any atom is -0.486 e. The number of benzene rings is 2. The smallest absolute Gasteiger partial charge is 0.137 e. The predicted molar refractivity (Wildman–Crippen MR) is 57.8 cm³/mol. The van der Waals surface area contributed by atoms with Gasteiger partial charge in [0.05, 0.1) is 0 Å². The highest BCUT2D eigenvalue weighted by molar-refractivity contribution is 6.10. The lowest BCUT2D eigenvalue weighted by Crippen LogP contribution is -2.01. The molecule has 0 saturated heterocycles. The minimum atomic E-state index is 0.347. The minimum absolute atomic E-state index is 0.347. The van der Waals surface area contributed by atoms with Crippen molar-refractivity contribution in [3.05, 3.63) is 42.0 Å². The molecule has 74 valence electrons. The van der Waals surface area contributed by atoms with E-state index in [1.54, 1.807) is 0 Å². The fourth-order valence-electron chi connectivity index (χ4n) is 1.93. The Balaban J connectivity index is 2.37. The molecule has 1 aliphatic heterocycles. The molecule has 3 rings (SSSR count). The average molecular weight is 199 g/mol. The summed E-state index contributed by atoms with van der Waals surface area (Å²) in [5.74, 6) is 0.820. The van der Waals surface area contributed by atoms with Crippen LogP contribution in [0.2, 0.25) is 0 Å². The van der Waals surface area contributed by atoms with E-state index in [4.69, 9.17) is 9.94 Å². The Labute approximate surface area is 86.6 Å². The fraction of sp³-hybridized carbons (Fsp3) is 0.0833. The largest absolute Gasteiger partial charge is 0.486 e. The third-order valence-electron chi connectivity index (χ3n) is 2.66. The lowest BCUT2D eigenvalue weighted by Gasteiger charge is -2.02. The maximum Gasteiger partial charge on any atom is 0.137 e. The maximum atomic E-state index is 8.79. The van der Waals surface area contributed by atoms with Gasteiger partial charge in [0.15, 0.2) is 0 Å². The highest BCUT2D eigenvalue weighted by atomic mass is 16.5. The van der Waals surface area contributed by atoms with Gasteiger partial charge in [0, 0.05) is 10.9 Å². The van der Waals surface area contributed by atoms with Crippen LogP contribution in [0.3, 0.4) is 0 Å². The lowest BCUT2D eigenvalue weighted by atomic mass is 10.0. The Hall–Kier alpha value is -2.03. The van der Waals surface area contributed by atoms with Crippen molar-refractivity contribution in [2.75, 3.05) is 6.61 Å². The summed E-state index contributed by atoms with van der Waals surface area (Å²) in [7, 11) is 0. The Kier molecular flexibility index (Phi) is 1.65. The normalized spacial score (nSPS) is 16.7. The predicted octanol–water partition coefficient (Wildman–Crippen LogP) is 2.41. The van der Waals surface area contributed by atoms with Crippen molar-refractivity contribution >= 4 is 16.5 Å². The summed E-state index contributed by atoms with van der Waals surface area (Å²) in [5.41, 5.74) is 1.48. The zero-order valence-corrected chi connectivity index (χ0v) is 7.97. The van der Waals surface area contributed by atoms with Gasteiger partial charge in [-0.25, -0.2) is 0 Å². The topological polar surface area (TPSA) is 41.8 Å². The van der Waals surface area contributed by atoms with E-state index < -0.39 is 0 Å². The van der Waals surface area contributed by atoms with Crippen LogP contribution in [0.4, 0.5) is 0 Å². The molecule has 0 bridgehead atoms. The van der Waals surface area contributed by atoms with Gasteiger partial charge in [0.25, 0.3) is 0 Å². The van der Waals surface area contributed by atoms with Crippen LogP contribution in [0, 0.1) is 0 Å². The molecule has 0 radical (unpaired) electrons. The van der Waals surface area contributed by atoms with Crippen LogP contribution < -0.4 is 4.74 Å². The van der Waals surface area contributed by atoms with E-state index in [9.17, 15) is 0 Å². The molecular weight excluding hydrogens is 190 g/mol. The summed E-state index contributed by atoms with van der Waals surface area (Å²) in [6.45, 7) is 0.347. The summed E-state index contributed by atoms with van der Waals surface area (Å²) >= 11 is 0. The molecule has 0 aromatic heterocycles. The number of oxime groups is 1. The standard InChI is InChI=1S/C12H9NO2/c14-13-11-7-15-12-9-4-2-1-3-8(9)5-6-10(11)12/h1-6,14H,7H2/b13-11-. The first kappa shape index (κ1) is 8.29. The monoisotopic (exact) mass is 199 g/mol. The van der Waals surface area contributed by atoms with Crippen molar-refractivity contribution in [1.29, 1.82) is 0 Å². The molecule has 0 spiro atoms. The van der Waals surface area contributed by atoms with Crippen LogP contribution in [-0.2, 0) is 0 Å². The van der Waals surface area contributed by atoms with Crippen LogP contribution in [0.25, 0.3) is 10.8 Å². The number of rotatable bonds is 0. The van der Waals surface area contributed by atoms with Crippen molar-refractivity contribution in [1.82, 2.24) is 0 Å². The quantitative estimate of drug-likeness (QED) is 0.523. The molecule has 0 amide bonds. The van der Waals surface area contributed by atoms with Gasteiger partial charge >= 0.3 is 0 Å². The van der Waals surface area contributed by atoms with Gasteiger partial charge in [-0.15, -0.1) is 0 Å². The zero-order chi connectivity index (χ0) is 10.3. The molecule has 0 saturated carbocycles. The van der Waals surface area contributed by atoms with E-state index in [0.717, 1.165) is 22.1 Å². The van der Waals surface area contributed by atoms with Crippen molar-refractivity contribution in [3.63, 3.8) is 0 Å². The molecule has 2 aromatic carbocycles. The van der Waals surface area contributed by atoms with Crippen LogP contribution in [0.15, 0.2) is 41.6 Å². The first-order valence-electron chi connectivity index (χ1n) is 4.76. The maximum absolute atomic E-state index is 8.79. The fourth-order valence-corrected chi connectivity index (χ4v) is 1.93. The molecule has 0 unspecified atom stereocenters. The summed E-state index contributed by atoms with van der Waals surface area (Å²) in [6, 6.07) is 11.9. The van der Waals surface area contributed by atoms with E-state index in [1.165, 1.54) is 0 Å². The van der Waals surface area contributed by atoms with Gasteiger partial charge in [-0.2, -0.15) is 0 Å². The summed E-state index contributed by atoms with van der Waals surface area (Å²) in [4.78, 5) is 0. The van der Waals surface area contributed by atoms with Crippen molar-refractivity contribution in [2.24, 2.45) is 5.16 Å². The third kappa shape index (κ3) is 1.09. The summed E-state index contributed by atoms with van der Waals surface area (Å²) in [5, 5.41) is 14.2. The Morgan fingerprint density at radius 1 is 1.13 bits per heavy atom. The molecule has 3 heteroatoms. The highest BCUT2D eigenvalue weighted by Gasteiger charge is 2.21. The second-order valence-corrected chi connectivity index (χ2v) is 3.50. The van der Waals surface area contributed by atoms with Gasteiger partial charge in [0.1, 0.15) is 18.1 Å². The van der Waals surface area contributed by atoms with Gasteiger partial charge in [-0.3, -0.25) is 0 Å². The summed E-state index contributed by atoms with van der Waals surface area (Å²) in [6.07, 6.45) is 0. The Morgan fingerprint density at radius 2 is 2.00 bits per heavy atom. The van der Waals surface area contributed by atoms with Gasteiger partial charge < -0.3 is 9.94 Å². The molecule has 0 fully saturated rings. The van der Waals surface area contributed by atoms with Crippen molar-refractivity contribution in [2.45, 2.75) is 0 Å². The molecule has 15 heavy (non-hydrogen) atoms. The van der Waals surface area contributed by atoms with E-state index >= 15 is 0 Å². The van der Waals surface area contributed by atoms with Gasteiger partial charge in [-0.1, -0.05) is 35.5 Å². The molecule has 3 nitrogen and oxygen atoms in total. The Bertz CT molecular complexity index is 561. The van der Waals surface area contributed by atoms with Gasteiger partial charge in [-0.05, 0) is 11.5 Å². The highest BCUT2D eigenvalue weighted by Crippen LogP contribution is 2.33. The molecule has 1 aliphatic rings. The van der Waals surface area contributed by atoms with Crippen LogP contribution in [0.1, 0.15) is 5.56 Å².